The van der Waals surface area contributed by atoms with Crippen LogP contribution >= 0.6 is 0 Å². The Morgan fingerprint density at radius 2 is 1.40 bits per heavy atom. The lowest BCUT2D eigenvalue weighted by Gasteiger charge is -2.31. The summed E-state index contributed by atoms with van der Waals surface area (Å²) in [4.78, 5) is 0. The molecular weight excluding hydrogens is 307 g/mol. The van der Waals surface area contributed by atoms with E-state index in [1.165, 1.54) is 22.3 Å². The molecule has 0 saturated heterocycles. The lowest BCUT2D eigenvalue weighted by Crippen LogP contribution is -2.26. The van der Waals surface area contributed by atoms with Gasteiger partial charge in [-0.3, -0.25) is 0 Å². The Balaban J connectivity index is 1.86. The molecule has 0 spiro atoms. The number of hydrogen-bond acceptors (Lipinski definition) is 0. The Morgan fingerprint density at radius 3 is 2.04 bits per heavy atom. The molecule has 1 atom stereocenters. The fourth-order valence-electron chi connectivity index (χ4n) is 3.41. The molecule has 3 rings (SSSR count). The maximum atomic E-state index is 13.3. The Morgan fingerprint density at radius 1 is 0.760 bits per heavy atom. The summed E-state index contributed by atoms with van der Waals surface area (Å²) >= 11 is 0. The zero-order valence-corrected chi connectivity index (χ0v) is 15.0. The Kier molecular flexibility index (Phi) is 5.33. The lowest BCUT2D eigenvalue weighted by atomic mass is 9.73. The number of halogens is 1. The van der Waals surface area contributed by atoms with Gasteiger partial charge in [0, 0.05) is 0 Å². The average Bonchev–Trinajstić information content (AvgIpc) is 2.63. The molecule has 0 heterocycles. The third kappa shape index (κ3) is 4.57. The standard InChI is InChI=1S/C24H25F/c1-19-8-12-22(13-9-19)24(2,17-16-20-6-4-3-5-7-20)18-21-10-14-23(25)15-11-21/h3-15H,16-18H2,1-2H3. The summed E-state index contributed by atoms with van der Waals surface area (Å²) in [6.07, 6.45) is 2.99. The first kappa shape index (κ1) is 17.4. The van der Waals surface area contributed by atoms with Crippen molar-refractivity contribution in [2.75, 3.05) is 0 Å². The predicted molar refractivity (Wildman–Crippen MR) is 103 cm³/mol. The summed E-state index contributed by atoms with van der Waals surface area (Å²) in [6.45, 7) is 4.44. The van der Waals surface area contributed by atoms with Crippen LogP contribution < -0.4 is 0 Å². The summed E-state index contributed by atoms with van der Waals surface area (Å²) in [7, 11) is 0. The Labute approximate surface area is 150 Å². The highest BCUT2D eigenvalue weighted by Crippen LogP contribution is 2.33. The van der Waals surface area contributed by atoms with E-state index in [2.05, 4.69) is 68.4 Å². The summed E-state index contributed by atoms with van der Waals surface area (Å²) in [5, 5.41) is 0. The fourth-order valence-corrected chi connectivity index (χ4v) is 3.41. The summed E-state index contributed by atoms with van der Waals surface area (Å²) in [6, 6.07) is 26.4. The Hall–Kier alpha value is -2.41. The molecule has 3 aromatic carbocycles. The number of aryl methyl sites for hydroxylation is 2. The van der Waals surface area contributed by atoms with Crippen LogP contribution in [-0.4, -0.2) is 0 Å². The molecule has 0 aliphatic carbocycles. The lowest BCUT2D eigenvalue weighted by molar-refractivity contribution is 0.430. The highest BCUT2D eigenvalue weighted by molar-refractivity contribution is 5.32. The average molecular weight is 332 g/mol. The van der Waals surface area contributed by atoms with E-state index in [0.29, 0.717) is 0 Å². The molecule has 25 heavy (non-hydrogen) atoms. The van der Waals surface area contributed by atoms with Crippen molar-refractivity contribution in [3.63, 3.8) is 0 Å². The molecule has 1 heteroatoms. The van der Waals surface area contributed by atoms with Crippen molar-refractivity contribution in [3.8, 4) is 0 Å². The van der Waals surface area contributed by atoms with Gasteiger partial charge >= 0.3 is 0 Å². The van der Waals surface area contributed by atoms with Crippen LogP contribution in [0.5, 0.6) is 0 Å². The minimum Gasteiger partial charge on any atom is -0.207 e. The van der Waals surface area contributed by atoms with E-state index in [0.717, 1.165) is 19.3 Å². The van der Waals surface area contributed by atoms with E-state index in [1.54, 1.807) is 12.1 Å². The zero-order valence-electron chi connectivity index (χ0n) is 15.0. The zero-order chi connectivity index (χ0) is 17.7. The summed E-state index contributed by atoms with van der Waals surface area (Å²) < 4.78 is 13.3. The molecule has 0 bridgehead atoms. The van der Waals surface area contributed by atoms with Gasteiger partial charge in [0.2, 0.25) is 0 Å². The van der Waals surface area contributed by atoms with E-state index in [-0.39, 0.29) is 11.2 Å². The summed E-state index contributed by atoms with van der Waals surface area (Å²) in [5.74, 6) is -0.176. The molecule has 0 saturated carbocycles. The van der Waals surface area contributed by atoms with Crippen molar-refractivity contribution in [2.45, 2.75) is 38.5 Å². The van der Waals surface area contributed by atoms with E-state index < -0.39 is 0 Å². The van der Waals surface area contributed by atoms with Crippen LogP contribution in [0.3, 0.4) is 0 Å². The van der Waals surface area contributed by atoms with Crippen molar-refractivity contribution >= 4 is 0 Å². The van der Waals surface area contributed by atoms with Crippen LogP contribution in [0.1, 0.15) is 35.6 Å². The van der Waals surface area contributed by atoms with Crippen LogP contribution in [0, 0.1) is 12.7 Å². The predicted octanol–water partition coefficient (Wildman–Crippen LogP) is 6.27. The quantitative estimate of drug-likeness (QED) is 0.499. The van der Waals surface area contributed by atoms with E-state index >= 15 is 0 Å². The maximum absolute atomic E-state index is 13.3. The van der Waals surface area contributed by atoms with Gasteiger partial charge in [-0.1, -0.05) is 79.2 Å². The van der Waals surface area contributed by atoms with E-state index in [9.17, 15) is 4.39 Å². The van der Waals surface area contributed by atoms with Crippen molar-refractivity contribution in [1.82, 2.24) is 0 Å². The molecule has 0 radical (unpaired) electrons. The van der Waals surface area contributed by atoms with Gasteiger partial charge in [0.25, 0.3) is 0 Å². The van der Waals surface area contributed by atoms with Gasteiger partial charge in [-0.15, -0.1) is 0 Å². The number of rotatable bonds is 6. The highest BCUT2D eigenvalue weighted by atomic mass is 19.1. The SMILES string of the molecule is Cc1ccc(C(C)(CCc2ccccc2)Cc2ccc(F)cc2)cc1. The minimum absolute atomic E-state index is 0.0152. The van der Waals surface area contributed by atoms with Crippen LogP contribution in [0.25, 0.3) is 0 Å². The normalized spacial score (nSPS) is 13.4. The van der Waals surface area contributed by atoms with Crippen LogP contribution in [0.15, 0.2) is 78.9 Å². The van der Waals surface area contributed by atoms with Gasteiger partial charge in [0.15, 0.2) is 0 Å². The molecule has 0 aliphatic rings. The molecule has 0 aromatic heterocycles. The second kappa shape index (κ2) is 7.65. The first-order chi connectivity index (χ1) is 12.0. The fraction of sp³-hybridized carbons (Fsp3) is 0.250. The van der Waals surface area contributed by atoms with Crippen molar-refractivity contribution < 1.29 is 4.39 Å². The van der Waals surface area contributed by atoms with Crippen molar-refractivity contribution in [2.24, 2.45) is 0 Å². The monoisotopic (exact) mass is 332 g/mol. The highest BCUT2D eigenvalue weighted by Gasteiger charge is 2.27. The molecule has 0 amide bonds. The Bertz CT molecular complexity index is 788. The number of benzene rings is 3. The van der Waals surface area contributed by atoms with Gasteiger partial charge in [0.1, 0.15) is 5.82 Å². The summed E-state index contributed by atoms with van der Waals surface area (Å²) in [5.41, 5.74) is 5.17. The largest absolute Gasteiger partial charge is 0.207 e. The van der Waals surface area contributed by atoms with Gasteiger partial charge < -0.3 is 0 Å². The first-order valence-corrected chi connectivity index (χ1v) is 8.91. The van der Waals surface area contributed by atoms with E-state index in [4.69, 9.17) is 0 Å². The molecule has 128 valence electrons. The molecule has 0 fully saturated rings. The van der Waals surface area contributed by atoms with E-state index in [1.807, 2.05) is 12.1 Å². The number of hydrogen-bond donors (Lipinski definition) is 0. The molecule has 0 nitrogen and oxygen atoms in total. The van der Waals surface area contributed by atoms with Gasteiger partial charge in [-0.25, -0.2) is 4.39 Å². The molecule has 1 unspecified atom stereocenters. The molecule has 0 aliphatic heterocycles. The minimum atomic E-state index is -0.176. The maximum Gasteiger partial charge on any atom is 0.123 e. The molecular formula is C24H25F. The van der Waals surface area contributed by atoms with Gasteiger partial charge in [-0.05, 0) is 60.4 Å². The smallest absolute Gasteiger partial charge is 0.123 e. The second-order valence-corrected chi connectivity index (χ2v) is 7.22. The van der Waals surface area contributed by atoms with Crippen LogP contribution in [-0.2, 0) is 18.3 Å². The molecule has 3 aromatic rings. The van der Waals surface area contributed by atoms with Crippen LogP contribution in [0.4, 0.5) is 4.39 Å². The van der Waals surface area contributed by atoms with Crippen LogP contribution in [0.2, 0.25) is 0 Å². The van der Waals surface area contributed by atoms with Gasteiger partial charge in [-0.2, -0.15) is 0 Å². The molecule has 0 N–H and O–H groups in total. The van der Waals surface area contributed by atoms with Crippen molar-refractivity contribution in [1.29, 1.82) is 0 Å². The second-order valence-electron chi connectivity index (χ2n) is 7.22. The third-order valence-electron chi connectivity index (χ3n) is 5.06. The van der Waals surface area contributed by atoms with Crippen molar-refractivity contribution in [3.05, 3.63) is 107 Å². The third-order valence-corrected chi connectivity index (χ3v) is 5.06. The topological polar surface area (TPSA) is 0 Å². The van der Waals surface area contributed by atoms with Gasteiger partial charge in [0.05, 0.1) is 0 Å². The first-order valence-electron chi connectivity index (χ1n) is 8.91.